The number of anilines is 1. The van der Waals surface area contributed by atoms with Crippen molar-refractivity contribution >= 4 is 38.3 Å². The van der Waals surface area contributed by atoms with Gasteiger partial charge in [0.25, 0.3) is 0 Å². The summed E-state index contributed by atoms with van der Waals surface area (Å²) in [6, 6.07) is 0. The zero-order valence-corrected chi connectivity index (χ0v) is 9.05. The highest BCUT2D eigenvalue weighted by Crippen LogP contribution is 2.29. The molecule has 3 heterocycles. The summed E-state index contributed by atoms with van der Waals surface area (Å²) in [5.41, 5.74) is 7.01. The van der Waals surface area contributed by atoms with Crippen molar-refractivity contribution in [3.8, 4) is 10.7 Å². The Balaban J connectivity index is 2.19. The Morgan fingerprint density at radius 3 is 2.73 bits per heavy atom. The molecule has 74 valence electrons. The Labute approximate surface area is 92.7 Å². The SMILES string of the molecule is Nc1nc(-c2nc3nccnc3s2)cs1. The summed E-state index contributed by atoms with van der Waals surface area (Å²) in [6.07, 6.45) is 3.28. The lowest BCUT2D eigenvalue weighted by molar-refractivity contribution is 1.26. The molecular weight excluding hydrogens is 230 g/mol. The number of hydrogen-bond acceptors (Lipinski definition) is 7. The molecule has 0 aliphatic rings. The van der Waals surface area contributed by atoms with Gasteiger partial charge in [0.05, 0.1) is 0 Å². The van der Waals surface area contributed by atoms with E-state index in [9.17, 15) is 0 Å². The van der Waals surface area contributed by atoms with Crippen molar-refractivity contribution in [1.29, 1.82) is 0 Å². The molecule has 7 heteroatoms. The van der Waals surface area contributed by atoms with Gasteiger partial charge in [-0.1, -0.05) is 11.3 Å². The Hall–Kier alpha value is -1.60. The lowest BCUT2D eigenvalue weighted by Crippen LogP contribution is -1.82. The number of nitrogens with zero attached hydrogens (tertiary/aromatic N) is 4. The van der Waals surface area contributed by atoms with Crippen LogP contribution in [0.5, 0.6) is 0 Å². The largest absolute Gasteiger partial charge is 0.375 e. The molecule has 0 amide bonds. The smallest absolute Gasteiger partial charge is 0.190 e. The van der Waals surface area contributed by atoms with E-state index in [4.69, 9.17) is 5.73 Å². The number of hydrogen-bond donors (Lipinski definition) is 1. The minimum atomic E-state index is 0.546. The third kappa shape index (κ3) is 1.45. The molecule has 5 nitrogen and oxygen atoms in total. The van der Waals surface area contributed by atoms with Crippen molar-refractivity contribution in [2.45, 2.75) is 0 Å². The summed E-state index contributed by atoms with van der Waals surface area (Å²) in [5.74, 6) is 0. The lowest BCUT2D eigenvalue weighted by atomic mass is 10.5. The summed E-state index contributed by atoms with van der Waals surface area (Å²) >= 11 is 2.87. The molecule has 0 saturated heterocycles. The molecule has 2 N–H and O–H groups in total. The van der Waals surface area contributed by atoms with E-state index in [-0.39, 0.29) is 0 Å². The number of thiazole rings is 2. The summed E-state index contributed by atoms with van der Waals surface area (Å²) in [6.45, 7) is 0. The van der Waals surface area contributed by atoms with E-state index in [1.54, 1.807) is 12.4 Å². The molecule has 0 aromatic carbocycles. The summed E-state index contributed by atoms with van der Waals surface area (Å²) in [5, 5.41) is 3.24. The molecule has 0 atom stereocenters. The fourth-order valence-electron chi connectivity index (χ4n) is 1.17. The van der Waals surface area contributed by atoms with Gasteiger partial charge in [0.1, 0.15) is 10.7 Å². The monoisotopic (exact) mass is 235 g/mol. The zero-order valence-electron chi connectivity index (χ0n) is 7.41. The molecule has 0 spiro atoms. The first kappa shape index (κ1) is 8.69. The van der Waals surface area contributed by atoms with Crippen LogP contribution in [0.15, 0.2) is 17.8 Å². The van der Waals surface area contributed by atoms with Crippen LogP contribution >= 0.6 is 22.7 Å². The van der Waals surface area contributed by atoms with Gasteiger partial charge in [-0.05, 0) is 0 Å². The average Bonchev–Trinajstić information content (AvgIpc) is 2.82. The quantitative estimate of drug-likeness (QED) is 0.695. The van der Waals surface area contributed by atoms with Crippen molar-refractivity contribution in [2.75, 3.05) is 5.73 Å². The maximum atomic E-state index is 5.56. The first-order valence-corrected chi connectivity index (χ1v) is 5.81. The molecule has 0 saturated carbocycles. The maximum Gasteiger partial charge on any atom is 0.190 e. The molecule has 0 bridgehead atoms. The Bertz CT molecular complexity index is 581. The van der Waals surface area contributed by atoms with Crippen LogP contribution in [0.25, 0.3) is 21.2 Å². The van der Waals surface area contributed by atoms with E-state index in [2.05, 4.69) is 19.9 Å². The standard InChI is InChI=1S/C8H5N5S2/c9-8-12-4(3-14-8)6-13-5-7(15-6)11-2-1-10-5/h1-3H,(H2,9,12). The second-order valence-electron chi connectivity index (χ2n) is 2.78. The number of nitrogens with two attached hydrogens (primary N) is 1. The summed E-state index contributed by atoms with van der Waals surface area (Å²) < 4.78 is 0. The van der Waals surface area contributed by atoms with Gasteiger partial charge in [-0.3, -0.25) is 0 Å². The first-order valence-electron chi connectivity index (χ1n) is 4.12. The van der Waals surface area contributed by atoms with Gasteiger partial charge in [0.2, 0.25) is 0 Å². The molecule has 3 aromatic heterocycles. The van der Waals surface area contributed by atoms with Gasteiger partial charge in [-0.2, -0.15) is 0 Å². The predicted molar refractivity (Wildman–Crippen MR) is 60.7 cm³/mol. The Kier molecular flexibility index (Phi) is 1.86. The van der Waals surface area contributed by atoms with Gasteiger partial charge in [0.15, 0.2) is 15.6 Å². The van der Waals surface area contributed by atoms with E-state index in [1.807, 2.05) is 5.38 Å². The molecule has 0 radical (unpaired) electrons. The van der Waals surface area contributed by atoms with Gasteiger partial charge < -0.3 is 5.73 Å². The summed E-state index contributed by atoms with van der Waals surface area (Å²) in [4.78, 5) is 17.6. The maximum absolute atomic E-state index is 5.56. The highest BCUT2D eigenvalue weighted by Gasteiger charge is 2.09. The van der Waals surface area contributed by atoms with Crippen molar-refractivity contribution < 1.29 is 0 Å². The number of aromatic nitrogens is 4. The van der Waals surface area contributed by atoms with Crippen LogP contribution in [0.4, 0.5) is 5.13 Å². The Morgan fingerprint density at radius 2 is 2.00 bits per heavy atom. The van der Waals surface area contributed by atoms with Crippen LogP contribution < -0.4 is 5.73 Å². The van der Waals surface area contributed by atoms with Crippen LogP contribution in [0, 0.1) is 0 Å². The van der Waals surface area contributed by atoms with Crippen LogP contribution in [0.1, 0.15) is 0 Å². The third-order valence-corrected chi connectivity index (χ3v) is 3.44. The molecular formula is C8H5N5S2. The zero-order chi connectivity index (χ0) is 10.3. The molecule has 0 fully saturated rings. The minimum Gasteiger partial charge on any atom is -0.375 e. The number of nitrogen functional groups attached to an aromatic ring is 1. The number of rotatable bonds is 1. The normalized spacial score (nSPS) is 10.9. The van der Waals surface area contributed by atoms with Crippen LogP contribution in [-0.4, -0.2) is 19.9 Å². The van der Waals surface area contributed by atoms with Crippen LogP contribution in [0.2, 0.25) is 0 Å². The first-order chi connectivity index (χ1) is 7.33. The van der Waals surface area contributed by atoms with Crippen molar-refractivity contribution in [3.05, 3.63) is 17.8 Å². The topological polar surface area (TPSA) is 77.6 Å². The average molecular weight is 235 g/mol. The molecule has 3 aromatic rings. The highest BCUT2D eigenvalue weighted by atomic mass is 32.1. The molecule has 0 unspecified atom stereocenters. The number of fused-ring (bicyclic) bond motifs is 1. The Morgan fingerprint density at radius 1 is 1.13 bits per heavy atom. The molecule has 0 aliphatic heterocycles. The van der Waals surface area contributed by atoms with Gasteiger partial charge >= 0.3 is 0 Å². The third-order valence-electron chi connectivity index (χ3n) is 1.79. The predicted octanol–water partition coefficient (Wildman–Crippen LogP) is 1.79. The van der Waals surface area contributed by atoms with E-state index < -0.39 is 0 Å². The van der Waals surface area contributed by atoms with E-state index in [0.29, 0.717) is 10.8 Å². The van der Waals surface area contributed by atoms with Crippen molar-refractivity contribution in [1.82, 2.24) is 19.9 Å². The fourth-order valence-corrected chi connectivity index (χ4v) is 2.62. The summed E-state index contributed by atoms with van der Waals surface area (Å²) in [7, 11) is 0. The van der Waals surface area contributed by atoms with Crippen LogP contribution in [-0.2, 0) is 0 Å². The van der Waals surface area contributed by atoms with Gasteiger partial charge in [-0.15, -0.1) is 11.3 Å². The lowest BCUT2D eigenvalue weighted by Gasteiger charge is -1.83. The van der Waals surface area contributed by atoms with Crippen LogP contribution in [0.3, 0.4) is 0 Å². The second-order valence-corrected chi connectivity index (χ2v) is 4.64. The highest BCUT2D eigenvalue weighted by molar-refractivity contribution is 7.21. The van der Waals surface area contributed by atoms with Crippen molar-refractivity contribution in [3.63, 3.8) is 0 Å². The van der Waals surface area contributed by atoms with E-state index >= 15 is 0 Å². The van der Waals surface area contributed by atoms with Gasteiger partial charge in [0, 0.05) is 17.8 Å². The van der Waals surface area contributed by atoms with E-state index in [0.717, 1.165) is 15.5 Å². The second kappa shape index (κ2) is 3.21. The fraction of sp³-hybridized carbons (Fsp3) is 0. The minimum absolute atomic E-state index is 0.546. The molecule has 3 rings (SSSR count). The molecule has 15 heavy (non-hydrogen) atoms. The van der Waals surface area contributed by atoms with E-state index in [1.165, 1.54) is 22.7 Å². The molecule has 0 aliphatic carbocycles. The van der Waals surface area contributed by atoms with Gasteiger partial charge in [-0.25, -0.2) is 19.9 Å². The van der Waals surface area contributed by atoms with Crippen molar-refractivity contribution in [2.24, 2.45) is 0 Å².